The zero-order chi connectivity index (χ0) is 58.4. The van der Waals surface area contributed by atoms with Gasteiger partial charge in [0.05, 0.1) is 5.69 Å². The Labute approximate surface area is 498 Å². The first-order valence-corrected chi connectivity index (χ1v) is 30.9. The second kappa shape index (κ2) is 19.1. The lowest BCUT2D eigenvalue weighted by molar-refractivity contribution is 0.332. The van der Waals surface area contributed by atoms with Gasteiger partial charge in [-0.3, -0.25) is 0 Å². The number of fused-ring (bicyclic) bond motifs is 6. The molecule has 0 fully saturated rings. The Bertz CT molecular complexity index is 4000. The summed E-state index contributed by atoms with van der Waals surface area (Å²) in [6.45, 7) is 36.7. The van der Waals surface area contributed by atoms with Crippen molar-refractivity contribution in [3.63, 3.8) is 0 Å². The predicted molar refractivity (Wildman–Crippen MR) is 358 cm³/mol. The highest BCUT2D eigenvalue weighted by Gasteiger charge is 2.48. The van der Waals surface area contributed by atoms with Gasteiger partial charge in [-0.2, -0.15) is 0 Å². The molecule has 9 aromatic carbocycles. The second-order valence-electron chi connectivity index (χ2n) is 29.9. The van der Waals surface area contributed by atoms with Crippen molar-refractivity contribution in [2.24, 2.45) is 0 Å². The van der Waals surface area contributed by atoms with Gasteiger partial charge in [-0.1, -0.05) is 249 Å². The topological polar surface area (TPSA) is 6.48 Å². The maximum atomic E-state index is 2.74. The molecule has 83 heavy (non-hydrogen) atoms. The Morgan fingerprint density at radius 2 is 0.771 bits per heavy atom. The van der Waals surface area contributed by atoms with Crippen molar-refractivity contribution in [2.75, 3.05) is 9.80 Å². The highest BCUT2D eigenvalue weighted by molar-refractivity contribution is 7.00. The third-order valence-electron chi connectivity index (χ3n) is 21.0. The van der Waals surface area contributed by atoms with Crippen molar-refractivity contribution >= 4 is 57.2 Å². The van der Waals surface area contributed by atoms with Crippen molar-refractivity contribution in [2.45, 2.75) is 167 Å². The molecule has 0 bridgehead atoms. The summed E-state index contributed by atoms with van der Waals surface area (Å²) < 4.78 is 0. The van der Waals surface area contributed by atoms with E-state index in [4.69, 9.17) is 0 Å². The molecule has 0 spiro atoms. The maximum absolute atomic E-state index is 2.74. The molecule has 0 aromatic heterocycles. The lowest BCUT2D eigenvalue weighted by Crippen LogP contribution is -2.62. The lowest BCUT2D eigenvalue weighted by Gasteiger charge is -2.48. The van der Waals surface area contributed by atoms with E-state index in [2.05, 4.69) is 308 Å². The SMILES string of the molecule is CC(C)(C)c1cc2c3c(c1)N(c1ccc(C(C)(C)c4ccccc4)cc1-c1ccc(-c4ccccc4)cc1)c1ccc(C(C)(C)c4ccccc4)cc1B3c1cc3c(cc1N2c1ccc2c(c1)C(C)(C)CCC2(C)C)C(C)(C)CCC3(C)C. The summed E-state index contributed by atoms with van der Waals surface area (Å²) in [6, 6.07) is 75.6. The molecule has 0 N–H and O–H groups in total. The Hall–Kier alpha value is -7.36. The van der Waals surface area contributed by atoms with E-state index in [1.807, 2.05) is 0 Å². The standard InChI is InChI=1S/C80H85BN2/c1-74(2,3)59-47-71-73-72(48-59)83(68-39-35-57(79(12,13)55-27-21-17-22-28-55)45-61(68)54-33-31-53(32-34-54)52-25-19-16-20-26-52)69-40-36-58(80(14,15)56-29-23-18-24-30-56)46-66(69)81(73)67-50-64-65(78(10,11)44-43-77(64,8)9)51-70(67)82(71)60-37-38-62-63(49-60)76(6,7)42-41-75(62,4)5/h16-40,45-51H,41-44H2,1-15H3. The largest absolute Gasteiger partial charge is 0.311 e. The van der Waals surface area contributed by atoms with Crippen molar-refractivity contribution in [1.29, 1.82) is 0 Å². The number of anilines is 6. The van der Waals surface area contributed by atoms with Crippen LogP contribution in [0.15, 0.2) is 194 Å². The van der Waals surface area contributed by atoms with Crippen molar-refractivity contribution < 1.29 is 0 Å². The molecule has 0 saturated carbocycles. The summed E-state index contributed by atoms with van der Waals surface area (Å²) in [6.07, 6.45) is 4.65. The van der Waals surface area contributed by atoms with E-state index in [-0.39, 0.29) is 44.6 Å². The van der Waals surface area contributed by atoms with E-state index >= 15 is 0 Å². The Kier molecular flexibility index (Phi) is 12.6. The highest BCUT2D eigenvalue weighted by atomic mass is 15.2. The molecule has 13 rings (SSSR count). The fourth-order valence-corrected chi connectivity index (χ4v) is 15.0. The fraction of sp³-hybridized carbons (Fsp3) is 0.325. The molecule has 0 unspecified atom stereocenters. The molecule has 2 aliphatic carbocycles. The minimum absolute atomic E-state index is 0.00620. The molecule has 0 amide bonds. The minimum Gasteiger partial charge on any atom is -0.311 e. The summed E-state index contributed by atoms with van der Waals surface area (Å²) >= 11 is 0. The van der Waals surface area contributed by atoms with Gasteiger partial charge in [0.2, 0.25) is 0 Å². The zero-order valence-electron chi connectivity index (χ0n) is 52.3. The third kappa shape index (κ3) is 8.96. The van der Waals surface area contributed by atoms with Gasteiger partial charge in [0.15, 0.2) is 0 Å². The highest BCUT2D eigenvalue weighted by Crippen LogP contribution is 2.54. The molecule has 0 saturated heterocycles. The molecule has 3 heteroatoms. The molecule has 2 heterocycles. The number of nitrogens with zero attached hydrogens (tertiary/aromatic N) is 2. The van der Waals surface area contributed by atoms with Crippen LogP contribution in [-0.2, 0) is 37.9 Å². The van der Waals surface area contributed by atoms with Gasteiger partial charge in [0.25, 0.3) is 6.71 Å². The summed E-state index contributed by atoms with van der Waals surface area (Å²) in [7, 11) is 0. The Balaban J connectivity index is 1.15. The number of benzene rings is 9. The molecular formula is C80H85BN2. The van der Waals surface area contributed by atoms with Gasteiger partial charge in [-0.05, 0) is 184 Å². The van der Waals surface area contributed by atoms with Crippen LogP contribution in [-0.4, -0.2) is 6.71 Å². The average Bonchev–Trinajstić information content (AvgIpc) is 3.22. The molecule has 0 atom stereocenters. The molecule has 2 nitrogen and oxygen atoms in total. The smallest absolute Gasteiger partial charge is 0.252 e. The van der Waals surface area contributed by atoms with E-state index in [0.717, 1.165) is 19.3 Å². The van der Waals surface area contributed by atoms with Crippen LogP contribution in [0.5, 0.6) is 0 Å². The third-order valence-corrected chi connectivity index (χ3v) is 21.0. The van der Waals surface area contributed by atoms with Gasteiger partial charge in [0.1, 0.15) is 0 Å². The van der Waals surface area contributed by atoms with Crippen molar-refractivity contribution in [3.05, 3.63) is 244 Å². The number of hydrogen-bond donors (Lipinski definition) is 0. The van der Waals surface area contributed by atoms with Crippen LogP contribution in [0.4, 0.5) is 34.1 Å². The van der Waals surface area contributed by atoms with E-state index in [1.165, 1.54) is 129 Å². The van der Waals surface area contributed by atoms with Crippen molar-refractivity contribution in [1.82, 2.24) is 0 Å². The molecule has 4 aliphatic rings. The summed E-state index contributed by atoms with van der Waals surface area (Å²) in [4.78, 5) is 5.44. The Morgan fingerprint density at radius 3 is 1.33 bits per heavy atom. The van der Waals surface area contributed by atoms with Crippen LogP contribution in [0.25, 0.3) is 22.3 Å². The second-order valence-corrected chi connectivity index (χ2v) is 29.9. The van der Waals surface area contributed by atoms with E-state index in [0.29, 0.717) is 0 Å². The van der Waals surface area contributed by atoms with Gasteiger partial charge in [-0.15, -0.1) is 0 Å². The van der Waals surface area contributed by atoms with Crippen LogP contribution in [0.3, 0.4) is 0 Å². The molecular weight excluding hydrogens is 1000 g/mol. The first-order valence-electron chi connectivity index (χ1n) is 30.9. The molecule has 418 valence electrons. The van der Waals surface area contributed by atoms with Gasteiger partial charge < -0.3 is 9.80 Å². The normalized spacial score (nSPS) is 17.2. The van der Waals surface area contributed by atoms with Crippen LogP contribution in [0.2, 0.25) is 0 Å². The van der Waals surface area contributed by atoms with E-state index in [9.17, 15) is 0 Å². The van der Waals surface area contributed by atoms with E-state index in [1.54, 1.807) is 0 Å². The lowest BCUT2D eigenvalue weighted by atomic mass is 9.32. The summed E-state index contributed by atoms with van der Waals surface area (Å²) in [5.41, 5.74) is 28.4. The van der Waals surface area contributed by atoms with Gasteiger partial charge in [0, 0.05) is 44.8 Å². The van der Waals surface area contributed by atoms with Gasteiger partial charge in [-0.25, -0.2) is 0 Å². The maximum Gasteiger partial charge on any atom is 0.252 e. The monoisotopic (exact) mass is 1080 g/mol. The summed E-state index contributed by atoms with van der Waals surface area (Å²) in [5, 5.41) is 0. The molecule has 2 aliphatic heterocycles. The number of hydrogen-bond acceptors (Lipinski definition) is 2. The van der Waals surface area contributed by atoms with Crippen LogP contribution < -0.4 is 26.2 Å². The zero-order valence-corrected chi connectivity index (χ0v) is 52.3. The van der Waals surface area contributed by atoms with Gasteiger partial charge >= 0.3 is 0 Å². The molecule has 9 aromatic rings. The first kappa shape index (κ1) is 54.9. The van der Waals surface area contributed by atoms with E-state index < -0.39 is 0 Å². The van der Waals surface area contributed by atoms with Crippen LogP contribution in [0, 0.1) is 0 Å². The van der Waals surface area contributed by atoms with Crippen LogP contribution >= 0.6 is 0 Å². The fourth-order valence-electron chi connectivity index (χ4n) is 15.0. The minimum atomic E-state index is -0.272. The first-order chi connectivity index (χ1) is 39.3. The van der Waals surface area contributed by atoms with Crippen LogP contribution in [0.1, 0.15) is 180 Å². The quantitative estimate of drug-likeness (QED) is 0.140. The number of rotatable bonds is 8. The predicted octanol–water partition coefficient (Wildman–Crippen LogP) is 19.8. The van der Waals surface area contributed by atoms with Crippen molar-refractivity contribution in [3.8, 4) is 22.3 Å². The Morgan fingerprint density at radius 1 is 0.325 bits per heavy atom. The average molecular weight is 1090 g/mol. The summed E-state index contributed by atoms with van der Waals surface area (Å²) in [5.74, 6) is 0. The molecule has 0 radical (unpaired) electrons.